The summed E-state index contributed by atoms with van der Waals surface area (Å²) >= 11 is 0. The molecular formula is C35H49N5O. The van der Waals surface area contributed by atoms with E-state index in [9.17, 15) is 4.79 Å². The minimum Gasteiger partial charge on any atom is -0.372 e. The quantitative estimate of drug-likeness (QED) is 0.192. The number of hydrogen-bond acceptors (Lipinski definition) is 5. The highest BCUT2D eigenvalue weighted by molar-refractivity contribution is 5.95. The fourth-order valence-corrected chi connectivity index (χ4v) is 5.77. The monoisotopic (exact) mass is 555 g/mol. The maximum absolute atomic E-state index is 12.9. The van der Waals surface area contributed by atoms with Gasteiger partial charge in [0.1, 0.15) is 11.2 Å². The topological polar surface area (TPSA) is 60.5 Å². The van der Waals surface area contributed by atoms with E-state index in [1.165, 1.54) is 62.7 Å². The number of unbranched alkanes of at least 4 members (excludes halogenated alkanes) is 4. The molecule has 0 saturated heterocycles. The van der Waals surface area contributed by atoms with Crippen molar-refractivity contribution in [1.82, 2.24) is 15.8 Å². The molecule has 2 aromatic carbocycles. The van der Waals surface area contributed by atoms with Crippen LogP contribution >= 0.6 is 0 Å². The van der Waals surface area contributed by atoms with Crippen molar-refractivity contribution in [3.8, 4) is 0 Å². The van der Waals surface area contributed by atoms with E-state index in [0.717, 1.165) is 42.9 Å². The van der Waals surface area contributed by atoms with Crippen molar-refractivity contribution in [2.24, 2.45) is 0 Å². The van der Waals surface area contributed by atoms with Gasteiger partial charge in [0, 0.05) is 49.3 Å². The molecule has 1 aliphatic heterocycles. The Labute approximate surface area is 247 Å². The number of nitrogens with zero attached hydrogens (tertiary/aromatic N) is 3. The molecule has 0 spiro atoms. The number of fused-ring (bicyclic) bond motifs is 1. The Morgan fingerprint density at radius 1 is 0.659 bits per heavy atom. The fraction of sp³-hybridized carbons (Fsp3) is 0.486. The maximum Gasteiger partial charge on any atom is 0.284 e. The number of anilines is 2. The summed E-state index contributed by atoms with van der Waals surface area (Å²) in [4.78, 5) is 22.4. The largest absolute Gasteiger partial charge is 0.372 e. The molecule has 0 radical (unpaired) electrons. The number of carbonyl (C=O) groups is 1. The second-order valence-corrected chi connectivity index (χ2v) is 11.2. The number of rotatable bonds is 16. The summed E-state index contributed by atoms with van der Waals surface area (Å²) in [6, 6.07) is 21.8. The van der Waals surface area contributed by atoms with E-state index >= 15 is 0 Å². The summed E-state index contributed by atoms with van der Waals surface area (Å²) < 4.78 is 0. The molecule has 6 heteroatoms. The third-order valence-electron chi connectivity index (χ3n) is 8.25. The first kappa shape index (κ1) is 30.6. The second kappa shape index (κ2) is 15.0. The summed E-state index contributed by atoms with van der Waals surface area (Å²) in [5.41, 5.74) is 11.6. The van der Waals surface area contributed by atoms with E-state index < -0.39 is 5.54 Å². The van der Waals surface area contributed by atoms with Crippen molar-refractivity contribution >= 4 is 17.3 Å². The molecule has 3 aromatic rings. The number of nitrogens with one attached hydrogen (secondary N) is 2. The van der Waals surface area contributed by atoms with E-state index in [2.05, 4.69) is 102 Å². The number of carbonyl (C=O) groups excluding carboxylic acids is 1. The van der Waals surface area contributed by atoms with Crippen molar-refractivity contribution in [2.45, 2.75) is 84.6 Å². The maximum atomic E-state index is 12.9. The molecule has 2 heterocycles. The summed E-state index contributed by atoms with van der Waals surface area (Å²) in [5.74, 6) is -0.208. The van der Waals surface area contributed by atoms with Gasteiger partial charge in [-0.1, -0.05) is 83.7 Å². The summed E-state index contributed by atoms with van der Waals surface area (Å²) in [7, 11) is 0. The van der Waals surface area contributed by atoms with Gasteiger partial charge in [0.05, 0.1) is 0 Å². The molecule has 1 aromatic heterocycles. The van der Waals surface area contributed by atoms with Crippen molar-refractivity contribution in [3.63, 3.8) is 0 Å². The zero-order valence-corrected chi connectivity index (χ0v) is 25.6. The highest BCUT2D eigenvalue weighted by Gasteiger charge is 2.43. The minimum atomic E-state index is -0.760. The third kappa shape index (κ3) is 6.92. The molecule has 0 bridgehead atoms. The highest BCUT2D eigenvalue weighted by atomic mass is 16.2. The lowest BCUT2D eigenvalue weighted by Gasteiger charge is -2.40. The lowest BCUT2D eigenvalue weighted by atomic mass is 9.75. The van der Waals surface area contributed by atoms with Crippen molar-refractivity contribution < 1.29 is 4.79 Å². The number of amides is 1. The first-order chi connectivity index (χ1) is 20.1. The minimum absolute atomic E-state index is 0.208. The fourth-order valence-electron chi connectivity index (χ4n) is 5.77. The van der Waals surface area contributed by atoms with E-state index in [4.69, 9.17) is 0 Å². The average Bonchev–Trinajstić information content (AvgIpc) is 3.02. The van der Waals surface area contributed by atoms with Gasteiger partial charge in [-0.15, -0.1) is 0 Å². The molecule has 1 aliphatic rings. The predicted octanol–water partition coefficient (Wildman–Crippen LogP) is 7.43. The van der Waals surface area contributed by atoms with Gasteiger partial charge >= 0.3 is 0 Å². The van der Waals surface area contributed by atoms with Gasteiger partial charge in [-0.25, -0.2) is 5.43 Å². The Morgan fingerprint density at radius 2 is 1.10 bits per heavy atom. The first-order valence-electron chi connectivity index (χ1n) is 15.8. The number of hydrazine groups is 1. The summed E-state index contributed by atoms with van der Waals surface area (Å²) in [6.45, 7) is 13.3. The van der Waals surface area contributed by atoms with Crippen molar-refractivity contribution in [3.05, 3.63) is 89.2 Å². The Balaban J connectivity index is 1.76. The smallest absolute Gasteiger partial charge is 0.284 e. The van der Waals surface area contributed by atoms with Gasteiger partial charge in [0.15, 0.2) is 0 Å². The Bertz CT molecular complexity index is 1140. The first-order valence-corrected chi connectivity index (χ1v) is 15.8. The average molecular weight is 556 g/mol. The molecule has 0 unspecified atom stereocenters. The molecule has 0 atom stereocenters. The Kier molecular flexibility index (Phi) is 11.2. The van der Waals surface area contributed by atoms with Gasteiger partial charge in [0.25, 0.3) is 5.91 Å². The molecule has 6 nitrogen and oxygen atoms in total. The van der Waals surface area contributed by atoms with Crippen LogP contribution in [0.4, 0.5) is 11.4 Å². The number of aromatic nitrogens is 1. The zero-order chi connectivity index (χ0) is 29.1. The van der Waals surface area contributed by atoms with Crippen LogP contribution in [0, 0.1) is 0 Å². The molecule has 4 rings (SSSR count). The van der Waals surface area contributed by atoms with Crippen LogP contribution < -0.4 is 20.7 Å². The third-order valence-corrected chi connectivity index (χ3v) is 8.25. The van der Waals surface area contributed by atoms with Gasteiger partial charge in [-0.2, -0.15) is 0 Å². The standard InChI is InChI=1S/C35H49N5O/c1-5-9-24-39(25-10-6-2)30-19-15-28(16-20-30)35(32-14-13-23-36-33(32)34(41)37-38-35)29-17-21-31(22-18-29)40(26-11-7-3)27-12-8-4/h13-23,38H,5-12,24-27H2,1-4H3,(H,37,41). The van der Waals surface area contributed by atoms with E-state index in [0.29, 0.717) is 5.69 Å². The van der Waals surface area contributed by atoms with Gasteiger partial charge in [-0.05, 0) is 67.1 Å². The van der Waals surface area contributed by atoms with Crippen LogP contribution in [0.2, 0.25) is 0 Å². The lowest BCUT2D eigenvalue weighted by Crippen LogP contribution is -2.58. The number of hydrogen-bond donors (Lipinski definition) is 2. The highest BCUT2D eigenvalue weighted by Crippen LogP contribution is 2.40. The Hall–Kier alpha value is -3.38. The summed E-state index contributed by atoms with van der Waals surface area (Å²) in [6.07, 6.45) is 11.2. The molecule has 2 N–H and O–H groups in total. The second-order valence-electron chi connectivity index (χ2n) is 11.2. The van der Waals surface area contributed by atoms with Crippen LogP contribution in [0.1, 0.15) is 106 Å². The molecule has 1 amide bonds. The van der Waals surface area contributed by atoms with Gasteiger partial charge in [0.2, 0.25) is 0 Å². The predicted molar refractivity (Wildman–Crippen MR) is 172 cm³/mol. The number of benzene rings is 2. The molecule has 41 heavy (non-hydrogen) atoms. The van der Waals surface area contributed by atoms with Crippen LogP contribution in [0.25, 0.3) is 0 Å². The van der Waals surface area contributed by atoms with E-state index in [1.807, 2.05) is 12.1 Å². The van der Waals surface area contributed by atoms with Gasteiger partial charge < -0.3 is 9.80 Å². The lowest BCUT2D eigenvalue weighted by molar-refractivity contribution is 0.0891. The molecule has 0 saturated carbocycles. The van der Waals surface area contributed by atoms with Crippen LogP contribution in [0.3, 0.4) is 0 Å². The van der Waals surface area contributed by atoms with Crippen LogP contribution in [0.15, 0.2) is 66.9 Å². The molecule has 0 fully saturated rings. The summed E-state index contributed by atoms with van der Waals surface area (Å²) in [5, 5.41) is 0. The van der Waals surface area contributed by atoms with Crippen LogP contribution in [0.5, 0.6) is 0 Å². The zero-order valence-electron chi connectivity index (χ0n) is 25.6. The van der Waals surface area contributed by atoms with E-state index in [-0.39, 0.29) is 5.91 Å². The van der Waals surface area contributed by atoms with Crippen molar-refractivity contribution in [1.29, 1.82) is 0 Å². The van der Waals surface area contributed by atoms with Crippen molar-refractivity contribution in [2.75, 3.05) is 36.0 Å². The molecular weight excluding hydrogens is 506 g/mol. The molecule has 0 aliphatic carbocycles. The van der Waals surface area contributed by atoms with Gasteiger partial charge in [-0.3, -0.25) is 15.2 Å². The molecule has 220 valence electrons. The SMILES string of the molecule is CCCCN(CCCC)c1ccc(C2(c3ccc(N(CCCC)CCCC)cc3)NNC(=O)c3ncccc32)cc1. The van der Waals surface area contributed by atoms with Crippen LogP contribution in [-0.4, -0.2) is 37.1 Å². The number of pyridine rings is 1. The van der Waals surface area contributed by atoms with E-state index in [1.54, 1.807) is 6.20 Å². The Morgan fingerprint density at radius 3 is 1.51 bits per heavy atom. The van der Waals surface area contributed by atoms with Crippen LogP contribution in [-0.2, 0) is 5.54 Å². The normalized spacial score (nSPS) is 13.9.